The van der Waals surface area contributed by atoms with E-state index in [4.69, 9.17) is 12.2 Å². The van der Waals surface area contributed by atoms with Crippen molar-refractivity contribution in [3.05, 3.63) is 94.5 Å². The average Bonchev–Trinajstić information content (AvgIpc) is 3.46. The molecule has 0 aliphatic carbocycles. The van der Waals surface area contributed by atoms with Gasteiger partial charge in [-0.3, -0.25) is 9.55 Å². The molecule has 1 fully saturated rings. The monoisotopic (exact) mass is 445 g/mol. The molecule has 3 aromatic heterocycles. The Balaban J connectivity index is 1.69. The van der Waals surface area contributed by atoms with Gasteiger partial charge in [0.15, 0.2) is 10.2 Å². The number of hydrogen-bond donors (Lipinski definition) is 1. The number of benzene rings is 1. The van der Waals surface area contributed by atoms with E-state index in [0.717, 1.165) is 22.2 Å². The standard InChI is InChI=1S/C24H23N5S2/c1-15-7-6-8-18(13-15)29-22(21(27-23(29)30)20-9-4-5-10-25-20)19-14-16(2)28(17(19)3)24-26-11-12-31-24/h4-14,21-22H,1-3H3,(H,27,30). The van der Waals surface area contributed by atoms with Crippen molar-refractivity contribution in [3.63, 3.8) is 0 Å². The van der Waals surface area contributed by atoms with Crippen LogP contribution in [0, 0.1) is 20.8 Å². The van der Waals surface area contributed by atoms with Gasteiger partial charge in [0.25, 0.3) is 0 Å². The fraction of sp³-hybridized carbons (Fsp3) is 0.208. The number of nitrogens with one attached hydrogen (secondary N) is 1. The van der Waals surface area contributed by atoms with Crippen LogP contribution in [0.1, 0.15) is 40.3 Å². The van der Waals surface area contributed by atoms with Gasteiger partial charge in [-0.25, -0.2) is 4.98 Å². The maximum absolute atomic E-state index is 5.85. The van der Waals surface area contributed by atoms with Gasteiger partial charge >= 0.3 is 0 Å². The second-order valence-corrected chi connectivity index (χ2v) is 9.07. The first-order chi connectivity index (χ1) is 15.0. The lowest BCUT2D eigenvalue weighted by atomic mass is 9.96. The van der Waals surface area contributed by atoms with E-state index >= 15 is 0 Å². The molecule has 4 aromatic rings. The summed E-state index contributed by atoms with van der Waals surface area (Å²) in [6, 6.07) is 16.7. The predicted molar refractivity (Wildman–Crippen MR) is 130 cm³/mol. The number of hydrogen-bond acceptors (Lipinski definition) is 4. The minimum Gasteiger partial charge on any atom is -0.351 e. The molecule has 1 aliphatic heterocycles. The molecule has 0 saturated carbocycles. The third-order valence-corrected chi connectivity index (χ3v) is 6.85. The SMILES string of the molecule is Cc1cccc(N2C(=S)NC(c3ccccn3)C2c2cc(C)n(-c3nccs3)c2C)c1. The number of pyridine rings is 1. The first kappa shape index (κ1) is 19.9. The van der Waals surface area contributed by atoms with Crippen molar-refractivity contribution >= 4 is 34.4 Å². The Morgan fingerprint density at radius 3 is 2.58 bits per heavy atom. The van der Waals surface area contributed by atoms with E-state index in [1.807, 2.05) is 29.9 Å². The van der Waals surface area contributed by atoms with Crippen LogP contribution in [0.25, 0.3) is 5.13 Å². The summed E-state index contributed by atoms with van der Waals surface area (Å²) in [6.07, 6.45) is 3.69. The third kappa shape index (κ3) is 3.43. The highest BCUT2D eigenvalue weighted by atomic mass is 32.1. The van der Waals surface area contributed by atoms with Crippen molar-refractivity contribution < 1.29 is 0 Å². The van der Waals surface area contributed by atoms with E-state index in [-0.39, 0.29) is 12.1 Å². The normalized spacial score (nSPS) is 18.4. The summed E-state index contributed by atoms with van der Waals surface area (Å²) < 4.78 is 2.23. The highest BCUT2D eigenvalue weighted by Gasteiger charge is 2.42. The summed E-state index contributed by atoms with van der Waals surface area (Å²) in [5.41, 5.74) is 6.81. The molecule has 1 saturated heterocycles. The lowest BCUT2D eigenvalue weighted by Crippen LogP contribution is -2.29. The van der Waals surface area contributed by atoms with Crippen LogP contribution < -0.4 is 10.2 Å². The number of rotatable bonds is 4. The Hall–Kier alpha value is -3.03. The van der Waals surface area contributed by atoms with E-state index in [9.17, 15) is 0 Å². The third-order valence-electron chi connectivity index (χ3n) is 5.78. The summed E-state index contributed by atoms with van der Waals surface area (Å²) in [5.74, 6) is 0. The highest BCUT2D eigenvalue weighted by molar-refractivity contribution is 7.80. The van der Waals surface area contributed by atoms with Gasteiger partial charge in [-0.2, -0.15) is 0 Å². The average molecular weight is 446 g/mol. The first-order valence-electron chi connectivity index (χ1n) is 10.2. The zero-order valence-electron chi connectivity index (χ0n) is 17.6. The minimum absolute atomic E-state index is 0.0240. The van der Waals surface area contributed by atoms with Crippen LogP contribution in [0.3, 0.4) is 0 Å². The fourth-order valence-electron chi connectivity index (χ4n) is 4.43. The Bertz CT molecular complexity index is 1230. The van der Waals surface area contributed by atoms with E-state index in [0.29, 0.717) is 5.11 Å². The van der Waals surface area contributed by atoms with Crippen LogP contribution in [0.2, 0.25) is 0 Å². The zero-order valence-corrected chi connectivity index (χ0v) is 19.2. The molecule has 2 atom stereocenters. The molecule has 0 amide bonds. The molecule has 1 N–H and O–H groups in total. The lowest BCUT2D eigenvalue weighted by Gasteiger charge is -2.28. The molecular weight excluding hydrogens is 422 g/mol. The van der Waals surface area contributed by atoms with Crippen molar-refractivity contribution in [3.8, 4) is 5.13 Å². The summed E-state index contributed by atoms with van der Waals surface area (Å²) in [6.45, 7) is 6.40. The van der Waals surface area contributed by atoms with Crippen LogP contribution in [0.5, 0.6) is 0 Å². The Morgan fingerprint density at radius 2 is 1.87 bits per heavy atom. The maximum atomic E-state index is 5.85. The van der Waals surface area contributed by atoms with Gasteiger partial charge in [0.1, 0.15) is 0 Å². The second-order valence-electron chi connectivity index (χ2n) is 7.81. The van der Waals surface area contributed by atoms with Crippen molar-refractivity contribution in [2.24, 2.45) is 0 Å². The van der Waals surface area contributed by atoms with E-state index in [1.54, 1.807) is 11.3 Å². The molecule has 5 nitrogen and oxygen atoms in total. The number of aromatic nitrogens is 3. The quantitative estimate of drug-likeness (QED) is 0.424. The molecule has 4 heterocycles. The Morgan fingerprint density at radius 1 is 1.00 bits per heavy atom. The number of anilines is 1. The molecule has 7 heteroatoms. The molecule has 0 spiro atoms. The molecule has 0 radical (unpaired) electrons. The maximum Gasteiger partial charge on any atom is 0.193 e. The summed E-state index contributed by atoms with van der Waals surface area (Å²) in [7, 11) is 0. The molecule has 1 aliphatic rings. The number of thiazole rings is 1. The van der Waals surface area contributed by atoms with Crippen LogP contribution >= 0.6 is 23.6 Å². The molecule has 0 bridgehead atoms. The predicted octanol–water partition coefficient (Wildman–Crippen LogP) is 5.43. The molecule has 156 valence electrons. The summed E-state index contributed by atoms with van der Waals surface area (Å²) in [5, 5.41) is 7.25. The topological polar surface area (TPSA) is 46.0 Å². The molecular formula is C24H23N5S2. The van der Waals surface area contributed by atoms with Gasteiger partial charge in [-0.05, 0) is 74.4 Å². The van der Waals surface area contributed by atoms with Gasteiger partial charge in [0, 0.05) is 34.8 Å². The van der Waals surface area contributed by atoms with Crippen LogP contribution in [0.4, 0.5) is 5.69 Å². The van der Waals surface area contributed by atoms with Gasteiger partial charge in [0.05, 0.1) is 17.8 Å². The molecule has 5 rings (SSSR count). The van der Waals surface area contributed by atoms with Gasteiger partial charge in [-0.1, -0.05) is 18.2 Å². The van der Waals surface area contributed by atoms with E-state index < -0.39 is 0 Å². The van der Waals surface area contributed by atoms with Gasteiger partial charge < -0.3 is 10.2 Å². The van der Waals surface area contributed by atoms with Gasteiger partial charge in [-0.15, -0.1) is 11.3 Å². The first-order valence-corrected chi connectivity index (χ1v) is 11.5. The number of thiocarbonyl (C=S) groups is 1. The minimum atomic E-state index is -0.0561. The smallest absolute Gasteiger partial charge is 0.193 e. The van der Waals surface area contributed by atoms with E-state index in [1.165, 1.54) is 16.8 Å². The summed E-state index contributed by atoms with van der Waals surface area (Å²) in [4.78, 5) is 11.4. The summed E-state index contributed by atoms with van der Waals surface area (Å²) >= 11 is 7.49. The Labute approximate surface area is 191 Å². The van der Waals surface area contributed by atoms with E-state index in [2.05, 4.69) is 81.9 Å². The van der Waals surface area contributed by atoms with Gasteiger partial charge in [0.2, 0.25) is 0 Å². The van der Waals surface area contributed by atoms with Crippen LogP contribution in [-0.2, 0) is 0 Å². The second kappa shape index (κ2) is 7.90. The highest BCUT2D eigenvalue weighted by Crippen LogP contribution is 2.43. The number of aryl methyl sites for hydroxylation is 2. The zero-order chi connectivity index (χ0) is 21.5. The van der Waals surface area contributed by atoms with Crippen molar-refractivity contribution in [1.29, 1.82) is 0 Å². The van der Waals surface area contributed by atoms with Crippen LogP contribution in [-0.4, -0.2) is 19.6 Å². The van der Waals surface area contributed by atoms with Crippen LogP contribution in [0.15, 0.2) is 66.3 Å². The Kier molecular flexibility index (Phi) is 5.08. The molecule has 1 aromatic carbocycles. The van der Waals surface area contributed by atoms with Crippen molar-refractivity contribution in [2.75, 3.05) is 4.90 Å². The molecule has 2 unspecified atom stereocenters. The van der Waals surface area contributed by atoms with Crippen molar-refractivity contribution in [1.82, 2.24) is 19.9 Å². The lowest BCUT2D eigenvalue weighted by molar-refractivity contribution is 0.565. The number of nitrogens with zero attached hydrogens (tertiary/aromatic N) is 4. The fourth-order valence-corrected chi connectivity index (χ4v) is 5.53. The van der Waals surface area contributed by atoms with Crippen molar-refractivity contribution in [2.45, 2.75) is 32.9 Å². The largest absolute Gasteiger partial charge is 0.351 e. The molecule has 31 heavy (non-hydrogen) atoms.